The summed E-state index contributed by atoms with van der Waals surface area (Å²) in [7, 11) is 2.16. The van der Waals surface area contributed by atoms with E-state index in [1.165, 1.54) is 51.1 Å². The van der Waals surface area contributed by atoms with Crippen LogP contribution in [-0.4, -0.2) is 50.6 Å². The molecule has 0 radical (unpaired) electrons. The van der Waals surface area contributed by atoms with Crippen molar-refractivity contribution in [2.24, 2.45) is 11.8 Å². The third kappa shape index (κ3) is 4.10. The first-order valence-corrected chi connectivity index (χ1v) is 9.40. The second kappa shape index (κ2) is 7.72. The van der Waals surface area contributed by atoms with Crippen LogP contribution in [-0.2, 0) is 12.8 Å². The van der Waals surface area contributed by atoms with Gasteiger partial charge in [0.05, 0.1) is 0 Å². The highest BCUT2D eigenvalue weighted by Gasteiger charge is 2.29. The van der Waals surface area contributed by atoms with Gasteiger partial charge < -0.3 is 15.3 Å². The molecule has 2 saturated heterocycles. The average Bonchev–Trinajstić information content (AvgIpc) is 2.53. The van der Waals surface area contributed by atoms with Gasteiger partial charge in [-0.1, -0.05) is 18.5 Å². The molecule has 0 amide bonds. The number of piperidine rings is 1. The van der Waals surface area contributed by atoms with Crippen LogP contribution in [0.4, 0.5) is 0 Å². The molecule has 3 rings (SSSR count). The summed E-state index contributed by atoms with van der Waals surface area (Å²) in [5.41, 5.74) is 3.55. The molecule has 2 heterocycles. The van der Waals surface area contributed by atoms with Gasteiger partial charge in [0.1, 0.15) is 13.6 Å². The first-order valence-electron chi connectivity index (χ1n) is 9.40. The van der Waals surface area contributed by atoms with E-state index in [9.17, 15) is 5.11 Å². The highest BCUT2D eigenvalue weighted by Crippen LogP contribution is 2.30. The Bertz CT molecular complexity index is 522. The molecular formula is C19H31BN2O. The second-order valence-corrected chi connectivity index (χ2v) is 7.61. The summed E-state index contributed by atoms with van der Waals surface area (Å²) in [5, 5.41) is 13.9. The Morgan fingerprint density at radius 1 is 1.26 bits per heavy atom. The third-order valence-electron chi connectivity index (χ3n) is 5.60. The Morgan fingerprint density at radius 2 is 2.04 bits per heavy atom. The molecule has 0 aliphatic carbocycles. The van der Waals surface area contributed by atoms with Gasteiger partial charge in [0.25, 0.3) is 0 Å². The van der Waals surface area contributed by atoms with Gasteiger partial charge >= 0.3 is 0 Å². The molecular weight excluding hydrogens is 283 g/mol. The van der Waals surface area contributed by atoms with Gasteiger partial charge in [-0.3, -0.25) is 0 Å². The van der Waals surface area contributed by atoms with Crippen molar-refractivity contribution in [1.82, 2.24) is 10.2 Å². The quantitative estimate of drug-likeness (QED) is 0.786. The standard InChI is InChI=1S/C19H31BN2O/c1-14-18(5-4-17(6-7-20)19(14)23)9-16-12-22(13-16)11-15-3-2-8-21-10-15/h4-5,15-16,21,23H,2-3,6-13,20H2,1H3. The van der Waals surface area contributed by atoms with E-state index >= 15 is 0 Å². The number of likely N-dealkylation sites (tertiary alicyclic amines) is 1. The molecule has 0 bridgehead atoms. The van der Waals surface area contributed by atoms with E-state index in [4.69, 9.17) is 0 Å². The van der Waals surface area contributed by atoms with E-state index in [-0.39, 0.29) is 0 Å². The predicted molar refractivity (Wildman–Crippen MR) is 99.1 cm³/mol. The van der Waals surface area contributed by atoms with Gasteiger partial charge in [-0.25, -0.2) is 0 Å². The molecule has 2 aliphatic heterocycles. The van der Waals surface area contributed by atoms with Crippen molar-refractivity contribution < 1.29 is 5.11 Å². The Kier molecular flexibility index (Phi) is 5.65. The van der Waals surface area contributed by atoms with E-state index in [0.717, 1.165) is 42.1 Å². The molecule has 1 unspecified atom stereocenters. The summed E-state index contributed by atoms with van der Waals surface area (Å²) in [6.07, 6.45) is 5.90. The Labute approximate surface area is 141 Å². The Morgan fingerprint density at radius 3 is 2.74 bits per heavy atom. The van der Waals surface area contributed by atoms with E-state index < -0.39 is 0 Å². The summed E-state index contributed by atoms with van der Waals surface area (Å²) < 4.78 is 0. The number of nitrogens with one attached hydrogen (secondary N) is 1. The van der Waals surface area contributed by atoms with E-state index in [1.807, 2.05) is 0 Å². The molecule has 2 aliphatic rings. The molecule has 0 saturated carbocycles. The lowest BCUT2D eigenvalue weighted by molar-refractivity contribution is 0.0760. The Balaban J connectivity index is 1.48. The number of phenolic OH excluding ortho intramolecular Hbond substituents is 1. The molecule has 3 nitrogen and oxygen atoms in total. The minimum Gasteiger partial charge on any atom is -0.507 e. The number of phenols is 1. The van der Waals surface area contributed by atoms with Crippen molar-refractivity contribution in [1.29, 1.82) is 0 Å². The van der Waals surface area contributed by atoms with Crippen LogP contribution in [0.15, 0.2) is 12.1 Å². The minimum atomic E-state index is 0.536. The normalized spacial score (nSPS) is 22.9. The first-order chi connectivity index (χ1) is 11.2. The fraction of sp³-hybridized carbons (Fsp3) is 0.684. The molecule has 1 aromatic rings. The van der Waals surface area contributed by atoms with Crippen molar-refractivity contribution in [3.8, 4) is 5.75 Å². The van der Waals surface area contributed by atoms with Crippen LogP contribution in [0.1, 0.15) is 29.5 Å². The molecule has 1 atom stereocenters. The molecule has 0 aromatic heterocycles. The zero-order chi connectivity index (χ0) is 16.2. The van der Waals surface area contributed by atoms with Crippen molar-refractivity contribution in [3.63, 3.8) is 0 Å². The monoisotopic (exact) mass is 314 g/mol. The molecule has 126 valence electrons. The topological polar surface area (TPSA) is 35.5 Å². The lowest BCUT2D eigenvalue weighted by atomic mass is 9.87. The molecule has 0 spiro atoms. The summed E-state index contributed by atoms with van der Waals surface area (Å²) in [6.45, 7) is 8.21. The number of hydrogen-bond donors (Lipinski definition) is 2. The summed E-state index contributed by atoms with van der Waals surface area (Å²) in [6, 6.07) is 4.37. The molecule has 2 N–H and O–H groups in total. The van der Waals surface area contributed by atoms with Crippen LogP contribution in [0.25, 0.3) is 0 Å². The van der Waals surface area contributed by atoms with E-state index in [0.29, 0.717) is 5.75 Å². The van der Waals surface area contributed by atoms with Gasteiger partial charge in [0.15, 0.2) is 0 Å². The van der Waals surface area contributed by atoms with Crippen molar-refractivity contribution in [2.45, 2.75) is 38.9 Å². The van der Waals surface area contributed by atoms with Crippen LogP contribution in [0, 0.1) is 18.8 Å². The number of rotatable bonds is 6. The highest BCUT2D eigenvalue weighted by molar-refractivity contribution is 6.08. The fourth-order valence-electron chi connectivity index (χ4n) is 4.20. The Hall–Kier alpha value is -0.995. The largest absolute Gasteiger partial charge is 0.507 e. The first kappa shape index (κ1) is 16.8. The van der Waals surface area contributed by atoms with Gasteiger partial charge in [-0.2, -0.15) is 0 Å². The van der Waals surface area contributed by atoms with Crippen molar-refractivity contribution in [3.05, 3.63) is 28.8 Å². The van der Waals surface area contributed by atoms with Gasteiger partial charge in [-0.05, 0) is 74.2 Å². The van der Waals surface area contributed by atoms with Crippen molar-refractivity contribution in [2.75, 3.05) is 32.7 Å². The van der Waals surface area contributed by atoms with E-state index in [2.05, 4.69) is 37.1 Å². The fourth-order valence-corrected chi connectivity index (χ4v) is 4.20. The average molecular weight is 314 g/mol. The molecule has 1 aromatic carbocycles. The van der Waals surface area contributed by atoms with Crippen LogP contribution in [0.3, 0.4) is 0 Å². The zero-order valence-corrected chi connectivity index (χ0v) is 14.8. The SMILES string of the molecule is BCCc1ccc(CC2CN(CC3CCCNC3)C2)c(C)c1O. The molecule has 4 heteroatoms. The molecule has 2 fully saturated rings. The number of benzene rings is 1. The molecule has 23 heavy (non-hydrogen) atoms. The summed E-state index contributed by atoms with van der Waals surface area (Å²) in [5.74, 6) is 2.15. The maximum atomic E-state index is 10.4. The number of hydrogen-bond acceptors (Lipinski definition) is 3. The second-order valence-electron chi connectivity index (χ2n) is 7.61. The lowest BCUT2D eigenvalue weighted by Crippen LogP contribution is -2.51. The van der Waals surface area contributed by atoms with E-state index in [1.54, 1.807) is 0 Å². The minimum absolute atomic E-state index is 0.536. The highest BCUT2D eigenvalue weighted by atomic mass is 16.3. The zero-order valence-electron chi connectivity index (χ0n) is 14.8. The maximum absolute atomic E-state index is 10.4. The number of nitrogens with zero attached hydrogens (tertiary/aromatic N) is 1. The van der Waals surface area contributed by atoms with Crippen LogP contribution >= 0.6 is 0 Å². The lowest BCUT2D eigenvalue weighted by Gasteiger charge is -2.42. The van der Waals surface area contributed by atoms with Crippen molar-refractivity contribution >= 4 is 7.85 Å². The van der Waals surface area contributed by atoms with Crippen LogP contribution in [0.2, 0.25) is 6.32 Å². The van der Waals surface area contributed by atoms with Crippen LogP contribution < -0.4 is 5.32 Å². The number of aryl methyl sites for hydroxylation is 1. The third-order valence-corrected chi connectivity index (χ3v) is 5.60. The van der Waals surface area contributed by atoms with Gasteiger partial charge in [-0.15, -0.1) is 0 Å². The summed E-state index contributed by atoms with van der Waals surface area (Å²) >= 11 is 0. The smallest absolute Gasteiger partial charge is 0.121 e. The van der Waals surface area contributed by atoms with Crippen LogP contribution in [0.5, 0.6) is 5.75 Å². The maximum Gasteiger partial charge on any atom is 0.121 e. The predicted octanol–water partition coefficient (Wildman–Crippen LogP) is 1.77. The van der Waals surface area contributed by atoms with Gasteiger partial charge in [0, 0.05) is 19.6 Å². The number of aromatic hydroxyl groups is 1. The summed E-state index contributed by atoms with van der Waals surface area (Å²) in [4.78, 5) is 2.61. The van der Waals surface area contributed by atoms with Gasteiger partial charge in [0.2, 0.25) is 0 Å².